The topological polar surface area (TPSA) is 83.6 Å². The van der Waals surface area contributed by atoms with Crippen LogP contribution in [-0.2, 0) is 11.2 Å². The number of hydrogen-bond donors (Lipinski definition) is 3. The van der Waals surface area contributed by atoms with E-state index in [1.54, 1.807) is 0 Å². The molecule has 0 aliphatic carbocycles. The minimum Gasteiger partial charge on any atom is -0.508 e. The van der Waals surface area contributed by atoms with E-state index in [0.717, 1.165) is 6.42 Å². The lowest BCUT2D eigenvalue weighted by molar-refractivity contribution is -0.118. The molecule has 0 atom stereocenters. The Kier molecular flexibility index (Phi) is 3.97. The second-order valence-corrected chi connectivity index (χ2v) is 3.49. The number of hydrogen-bond acceptors (Lipinski definition) is 3. The zero-order valence-electron chi connectivity index (χ0n) is 8.44. The van der Waals surface area contributed by atoms with E-state index in [0.29, 0.717) is 24.8 Å². The molecule has 0 radical (unpaired) electrons. The minimum absolute atomic E-state index is 0.137. The molecule has 1 amide bonds. The van der Waals surface area contributed by atoms with Crippen molar-refractivity contribution >= 4 is 5.91 Å². The van der Waals surface area contributed by atoms with Gasteiger partial charge in [0.25, 0.3) is 0 Å². The number of unbranched alkanes of at least 4 members (excludes halogenated alkanes) is 1. The van der Waals surface area contributed by atoms with E-state index in [9.17, 15) is 15.0 Å². The van der Waals surface area contributed by atoms with Gasteiger partial charge in [0.2, 0.25) is 5.91 Å². The molecule has 0 aliphatic heterocycles. The van der Waals surface area contributed by atoms with Crippen molar-refractivity contribution in [1.29, 1.82) is 0 Å². The van der Waals surface area contributed by atoms with Crippen LogP contribution in [0.5, 0.6) is 11.5 Å². The molecular formula is C11H15NO3. The molecule has 0 spiro atoms. The van der Waals surface area contributed by atoms with Gasteiger partial charge in [-0.15, -0.1) is 0 Å². The first-order valence-electron chi connectivity index (χ1n) is 4.89. The van der Waals surface area contributed by atoms with Gasteiger partial charge in [-0.3, -0.25) is 4.79 Å². The lowest BCUT2D eigenvalue weighted by atomic mass is 10.1. The first-order valence-corrected chi connectivity index (χ1v) is 4.89. The van der Waals surface area contributed by atoms with E-state index in [1.165, 1.54) is 18.2 Å². The van der Waals surface area contributed by atoms with Gasteiger partial charge in [0.05, 0.1) is 0 Å². The molecule has 0 fully saturated rings. The van der Waals surface area contributed by atoms with E-state index < -0.39 is 0 Å². The predicted molar refractivity (Wildman–Crippen MR) is 56.5 cm³/mol. The van der Waals surface area contributed by atoms with Crippen molar-refractivity contribution in [3.05, 3.63) is 23.8 Å². The number of carbonyl (C=O) groups excluding carboxylic acids is 1. The number of primary amides is 1. The molecule has 0 saturated heterocycles. The summed E-state index contributed by atoms with van der Waals surface area (Å²) in [5.41, 5.74) is 5.69. The first kappa shape index (κ1) is 11.4. The number of aryl methyl sites for hydroxylation is 1. The Morgan fingerprint density at radius 2 is 2.00 bits per heavy atom. The highest BCUT2D eigenvalue weighted by molar-refractivity contribution is 5.73. The van der Waals surface area contributed by atoms with Gasteiger partial charge in [-0.25, -0.2) is 0 Å². The molecule has 0 unspecified atom stereocenters. The van der Waals surface area contributed by atoms with Crippen molar-refractivity contribution in [2.75, 3.05) is 0 Å². The summed E-state index contributed by atoms with van der Waals surface area (Å²) in [6, 6.07) is 4.42. The molecule has 1 rings (SSSR count). The summed E-state index contributed by atoms with van der Waals surface area (Å²) in [7, 11) is 0. The van der Waals surface area contributed by atoms with E-state index in [2.05, 4.69) is 0 Å². The van der Waals surface area contributed by atoms with Gasteiger partial charge in [-0.1, -0.05) is 0 Å². The molecule has 0 bridgehead atoms. The molecule has 4 heteroatoms. The average Bonchev–Trinajstić information content (AvgIpc) is 2.17. The Morgan fingerprint density at radius 3 is 2.67 bits per heavy atom. The molecular weight excluding hydrogens is 194 g/mol. The predicted octanol–water partition coefficient (Wildman–Crippen LogP) is 1.30. The maximum atomic E-state index is 10.5. The standard InChI is InChI=1S/C11H15NO3/c12-11(15)4-2-1-3-8-7-9(13)5-6-10(8)14/h5-7,13-14H,1-4H2,(H2,12,15). The molecule has 1 aromatic carbocycles. The van der Waals surface area contributed by atoms with Crippen LogP contribution < -0.4 is 5.73 Å². The first-order chi connectivity index (χ1) is 7.09. The largest absolute Gasteiger partial charge is 0.508 e. The molecule has 82 valence electrons. The highest BCUT2D eigenvalue weighted by atomic mass is 16.3. The lowest BCUT2D eigenvalue weighted by Gasteiger charge is -2.04. The average molecular weight is 209 g/mol. The van der Waals surface area contributed by atoms with Gasteiger partial charge in [-0.2, -0.15) is 0 Å². The van der Waals surface area contributed by atoms with Crippen LogP contribution in [0.1, 0.15) is 24.8 Å². The van der Waals surface area contributed by atoms with E-state index >= 15 is 0 Å². The van der Waals surface area contributed by atoms with E-state index in [1.807, 2.05) is 0 Å². The number of phenolic OH excluding ortho intramolecular Hbond substituents is 2. The van der Waals surface area contributed by atoms with Crippen molar-refractivity contribution in [2.24, 2.45) is 5.73 Å². The van der Waals surface area contributed by atoms with Gasteiger partial charge in [-0.05, 0) is 43.0 Å². The zero-order chi connectivity index (χ0) is 11.3. The maximum Gasteiger partial charge on any atom is 0.217 e. The van der Waals surface area contributed by atoms with Crippen LogP contribution in [0.4, 0.5) is 0 Å². The van der Waals surface area contributed by atoms with Gasteiger partial charge in [0.1, 0.15) is 11.5 Å². The SMILES string of the molecule is NC(=O)CCCCc1cc(O)ccc1O. The summed E-state index contributed by atoms with van der Waals surface area (Å²) in [5.74, 6) is -0.000271. The van der Waals surface area contributed by atoms with Crippen LogP contribution in [0.25, 0.3) is 0 Å². The summed E-state index contributed by atoms with van der Waals surface area (Å²) in [6.45, 7) is 0. The van der Waals surface area contributed by atoms with E-state index in [-0.39, 0.29) is 17.4 Å². The zero-order valence-corrected chi connectivity index (χ0v) is 8.44. The number of phenols is 2. The highest BCUT2D eigenvalue weighted by Crippen LogP contribution is 2.23. The Morgan fingerprint density at radius 1 is 1.27 bits per heavy atom. The van der Waals surface area contributed by atoms with Gasteiger partial charge in [0, 0.05) is 6.42 Å². The quantitative estimate of drug-likeness (QED) is 0.504. The number of aromatic hydroxyl groups is 2. The summed E-state index contributed by atoms with van der Waals surface area (Å²) in [4.78, 5) is 10.5. The monoisotopic (exact) mass is 209 g/mol. The Bertz CT molecular complexity index is 350. The molecule has 4 nitrogen and oxygen atoms in total. The molecule has 0 aromatic heterocycles. The molecule has 1 aromatic rings. The van der Waals surface area contributed by atoms with Crippen molar-refractivity contribution in [2.45, 2.75) is 25.7 Å². The number of benzene rings is 1. The molecule has 15 heavy (non-hydrogen) atoms. The Balaban J connectivity index is 2.43. The fourth-order valence-electron chi connectivity index (χ4n) is 1.39. The second-order valence-electron chi connectivity index (χ2n) is 3.49. The number of rotatable bonds is 5. The van der Waals surface area contributed by atoms with Crippen molar-refractivity contribution in [3.63, 3.8) is 0 Å². The Hall–Kier alpha value is -1.71. The third kappa shape index (κ3) is 3.89. The van der Waals surface area contributed by atoms with Crippen LogP contribution in [0.3, 0.4) is 0 Å². The maximum absolute atomic E-state index is 10.5. The molecule has 0 saturated carbocycles. The van der Waals surface area contributed by atoms with Crippen molar-refractivity contribution < 1.29 is 15.0 Å². The van der Waals surface area contributed by atoms with Crippen LogP contribution >= 0.6 is 0 Å². The minimum atomic E-state index is -0.310. The summed E-state index contributed by atoms with van der Waals surface area (Å²) in [5, 5.41) is 18.6. The van der Waals surface area contributed by atoms with Crippen LogP contribution in [0, 0.1) is 0 Å². The number of amides is 1. The third-order valence-electron chi connectivity index (χ3n) is 2.18. The molecule has 4 N–H and O–H groups in total. The fourth-order valence-corrected chi connectivity index (χ4v) is 1.39. The number of carbonyl (C=O) groups is 1. The molecule has 0 aliphatic rings. The van der Waals surface area contributed by atoms with Gasteiger partial charge in [0.15, 0.2) is 0 Å². The fraction of sp³-hybridized carbons (Fsp3) is 0.364. The Labute approximate surface area is 88.3 Å². The van der Waals surface area contributed by atoms with Crippen molar-refractivity contribution in [3.8, 4) is 11.5 Å². The van der Waals surface area contributed by atoms with E-state index in [4.69, 9.17) is 5.73 Å². The molecule has 0 heterocycles. The summed E-state index contributed by atoms with van der Waals surface area (Å²) >= 11 is 0. The lowest BCUT2D eigenvalue weighted by Crippen LogP contribution is -2.09. The smallest absolute Gasteiger partial charge is 0.217 e. The van der Waals surface area contributed by atoms with Crippen LogP contribution in [-0.4, -0.2) is 16.1 Å². The normalized spacial score (nSPS) is 10.1. The second kappa shape index (κ2) is 5.24. The van der Waals surface area contributed by atoms with Crippen molar-refractivity contribution in [1.82, 2.24) is 0 Å². The third-order valence-corrected chi connectivity index (χ3v) is 2.18. The summed E-state index contributed by atoms with van der Waals surface area (Å²) in [6.07, 6.45) is 2.46. The highest BCUT2D eigenvalue weighted by Gasteiger charge is 2.02. The summed E-state index contributed by atoms with van der Waals surface area (Å²) < 4.78 is 0. The van der Waals surface area contributed by atoms with Gasteiger partial charge >= 0.3 is 0 Å². The van der Waals surface area contributed by atoms with Crippen LogP contribution in [0.2, 0.25) is 0 Å². The van der Waals surface area contributed by atoms with Crippen LogP contribution in [0.15, 0.2) is 18.2 Å². The van der Waals surface area contributed by atoms with Gasteiger partial charge < -0.3 is 15.9 Å². The number of nitrogens with two attached hydrogens (primary N) is 1.